The zero-order valence-corrected chi connectivity index (χ0v) is 18.1. The minimum atomic E-state index is -3.95. The zero-order chi connectivity index (χ0) is 22.2. The first kappa shape index (κ1) is 21.2. The monoisotopic (exact) mass is 465 g/mol. The number of nitrogens with one attached hydrogen (secondary N) is 1. The predicted molar refractivity (Wildman–Crippen MR) is 115 cm³/mol. The molecule has 0 unspecified atom stereocenters. The van der Waals surface area contributed by atoms with E-state index in [-0.39, 0.29) is 41.0 Å². The molecule has 4 rings (SSSR count). The van der Waals surface area contributed by atoms with E-state index in [1.54, 1.807) is 25.4 Å². The second-order valence-corrected chi connectivity index (χ2v) is 9.66. The Hall–Kier alpha value is -3.03. The molecule has 0 bridgehead atoms. The highest BCUT2D eigenvalue weighted by Gasteiger charge is 2.34. The third kappa shape index (κ3) is 3.75. The molecule has 0 saturated carbocycles. The molecule has 3 heterocycles. The van der Waals surface area contributed by atoms with Gasteiger partial charge in [0, 0.05) is 44.0 Å². The van der Waals surface area contributed by atoms with E-state index in [4.69, 9.17) is 4.74 Å². The van der Waals surface area contributed by atoms with Crippen molar-refractivity contribution in [3.8, 4) is 11.5 Å². The SMILES string of the molecule is CCOc1c(Nc2csc(S(=O)(=O)N3CCN(c4ncccn4)CC3)c2O)c(=O)c1=O. The summed E-state index contributed by atoms with van der Waals surface area (Å²) in [6.45, 7) is 3.07. The summed E-state index contributed by atoms with van der Waals surface area (Å²) in [5.41, 5.74) is -1.61. The molecule has 3 aromatic rings. The van der Waals surface area contributed by atoms with Crippen molar-refractivity contribution in [3.63, 3.8) is 0 Å². The van der Waals surface area contributed by atoms with Gasteiger partial charge in [0.1, 0.15) is 5.69 Å². The number of nitrogens with zero attached hydrogens (tertiary/aromatic N) is 4. The van der Waals surface area contributed by atoms with E-state index < -0.39 is 26.6 Å². The number of aromatic nitrogens is 2. The first-order valence-electron chi connectivity index (χ1n) is 9.40. The molecule has 0 aliphatic carbocycles. The lowest BCUT2D eigenvalue weighted by atomic mass is 10.2. The van der Waals surface area contributed by atoms with Crippen LogP contribution < -0.4 is 25.8 Å². The van der Waals surface area contributed by atoms with Gasteiger partial charge in [-0.2, -0.15) is 4.31 Å². The van der Waals surface area contributed by atoms with Crippen LogP contribution in [0.15, 0.2) is 37.6 Å². The van der Waals surface area contributed by atoms with E-state index in [9.17, 15) is 23.1 Å². The Balaban J connectivity index is 1.50. The molecule has 0 radical (unpaired) electrons. The fraction of sp³-hybridized carbons (Fsp3) is 0.333. The van der Waals surface area contributed by atoms with Gasteiger partial charge >= 0.3 is 0 Å². The van der Waals surface area contributed by atoms with Crippen LogP contribution >= 0.6 is 11.3 Å². The fourth-order valence-electron chi connectivity index (χ4n) is 3.21. The summed E-state index contributed by atoms with van der Waals surface area (Å²) in [5, 5.41) is 14.5. The van der Waals surface area contributed by atoms with Crippen molar-refractivity contribution in [2.24, 2.45) is 0 Å². The lowest BCUT2D eigenvalue weighted by molar-refractivity contribution is 0.335. The van der Waals surface area contributed by atoms with Crippen LogP contribution in [0.1, 0.15) is 6.92 Å². The number of ether oxygens (including phenoxy) is 1. The molecule has 1 aliphatic heterocycles. The Bertz CT molecular complexity index is 1260. The van der Waals surface area contributed by atoms with E-state index in [1.807, 2.05) is 4.90 Å². The zero-order valence-electron chi connectivity index (χ0n) is 16.4. The van der Waals surface area contributed by atoms with Crippen molar-refractivity contribution < 1.29 is 18.3 Å². The van der Waals surface area contributed by atoms with Gasteiger partial charge in [-0.25, -0.2) is 18.4 Å². The van der Waals surface area contributed by atoms with Crippen molar-refractivity contribution in [1.82, 2.24) is 14.3 Å². The quantitative estimate of drug-likeness (QED) is 0.473. The summed E-state index contributed by atoms with van der Waals surface area (Å²) >= 11 is 0.827. The summed E-state index contributed by atoms with van der Waals surface area (Å²) < 4.78 is 32.3. The molecule has 1 aromatic carbocycles. The summed E-state index contributed by atoms with van der Waals surface area (Å²) in [6.07, 6.45) is 3.24. The van der Waals surface area contributed by atoms with E-state index >= 15 is 0 Å². The Morgan fingerprint density at radius 1 is 1.16 bits per heavy atom. The van der Waals surface area contributed by atoms with Gasteiger partial charge in [-0.15, -0.1) is 11.3 Å². The highest BCUT2D eigenvalue weighted by Crippen LogP contribution is 2.41. The van der Waals surface area contributed by atoms with Gasteiger partial charge in [-0.3, -0.25) is 9.59 Å². The molecular weight excluding hydrogens is 446 g/mol. The standard InChI is InChI=1S/C18H19N5O6S2/c1-2-29-16-12(14(25)15(16)26)21-11-10-30-17(13(11)24)31(27,28)23-8-6-22(7-9-23)18-19-4-3-5-20-18/h3-5,10,21,24H,2,6-9H2,1H3. The number of rotatable bonds is 7. The van der Waals surface area contributed by atoms with Crippen LogP contribution in [0.4, 0.5) is 17.3 Å². The number of aromatic hydroxyl groups is 1. The first-order valence-corrected chi connectivity index (χ1v) is 11.7. The minimum absolute atomic E-state index is 0.0212. The molecule has 11 nitrogen and oxygen atoms in total. The van der Waals surface area contributed by atoms with Crippen LogP contribution in [0.25, 0.3) is 0 Å². The van der Waals surface area contributed by atoms with Gasteiger partial charge in [0.05, 0.1) is 12.3 Å². The summed E-state index contributed by atoms with van der Waals surface area (Å²) in [4.78, 5) is 33.6. The molecule has 13 heteroatoms. The van der Waals surface area contributed by atoms with Crippen molar-refractivity contribution in [2.45, 2.75) is 11.1 Å². The van der Waals surface area contributed by atoms with E-state index in [2.05, 4.69) is 15.3 Å². The second kappa shape index (κ2) is 8.24. The fourth-order valence-corrected chi connectivity index (χ4v) is 6.00. The van der Waals surface area contributed by atoms with Gasteiger partial charge in [0.25, 0.3) is 20.9 Å². The Kier molecular flexibility index (Phi) is 5.64. The average molecular weight is 466 g/mol. The molecule has 0 amide bonds. The van der Waals surface area contributed by atoms with Crippen LogP contribution in [-0.2, 0) is 10.0 Å². The topological polar surface area (TPSA) is 142 Å². The summed E-state index contributed by atoms with van der Waals surface area (Å²) in [7, 11) is -3.95. The van der Waals surface area contributed by atoms with Crippen molar-refractivity contribution in [2.75, 3.05) is 43.0 Å². The van der Waals surface area contributed by atoms with Crippen LogP contribution in [0, 0.1) is 0 Å². The van der Waals surface area contributed by atoms with Gasteiger partial charge in [-0.1, -0.05) is 0 Å². The second-order valence-electron chi connectivity index (χ2n) is 6.65. The molecule has 2 aromatic heterocycles. The number of hydrogen-bond donors (Lipinski definition) is 2. The summed E-state index contributed by atoms with van der Waals surface area (Å²) in [5.74, 6) is -0.0980. The largest absolute Gasteiger partial charge is 0.504 e. The van der Waals surface area contributed by atoms with Crippen molar-refractivity contribution >= 4 is 38.7 Å². The first-order chi connectivity index (χ1) is 14.8. The Morgan fingerprint density at radius 2 is 1.84 bits per heavy atom. The van der Waals surface area contributed by atoms with E-state index in [1.165, 1.54) is 9.69 Å². The normalized spacial score (nSPS) is 15.3. The molecule has 0 atom stereocenters. The number of thiophene rings is 1. The molecular formula is C18H19N5O6S2. The predicted octanol–water partition coefficient (Wildman–Crippen LogP) is 0.493. The van der Waals surface area contributed by atoms with Gasteiger partial charge in [0.2, 0.25) is 5.95 Å². The molecule has 1 fully saturated rings. The van der Waals surface area contributed by atoms with Crippen LogP contribution in [-0.4, -0.2) is 60.6 Å². The highest BCUT2D eigenvalue weighted by atomic mass is 32.2. The van der Waals surface area contributed by atoms with Crippen molar-refractivity contribution in [1.29, 1.82) is 0 Å². The molecule has 0 spiro atoms. The lowest BCUT2D eigenvalue weighted by Gasteiger charge is -2.33. The maximum Gasteiger partial charge on any atom is 0.272 e. The van der Waals surface area contributed by atoms with Crippen LogP contribution in [0.3, 0.4) is 0 Å². The highest BCUT2D eigenvalue weighted by molar-refractivity contribution is 7.91. The van der Waals surface area contributed by atoms with Crippen LogP contribution in [0.2, 0.25) is 0 Å². The molecule has 1 saturated heterocycles. The van der Waals surface area contributed by atoms with E-state index in [0.29, 0.717) is 19.0 Å². The van der Waals surface area contributed by atoms with Crippen LogP contribution in [0.5, 0.6) is 11.5 Å². The maximum atomic E-state index is 13.1. The third-order valence-corrected chi connectivity index (χ3v) is 8.18. The molecule has 1 aliphatic rings. The number of piperazine rings is 1. The van der Waals surface area contributed by atoms with Gasteiger partial charge in [-0.05, 0) is 13.0 Å². The number of anilines is 3. The molecule has 164 valence electrons. The Labute approximate surface area is 181 Å². The lowest BCUT2D eigenvalue weighted by Crippen LogP contribution is -2.49. The minimum Gasteiger partial charge on any atom is -0.504 e. The number of sulfonamides is 1. The van der Waals surface area contributed by atoms with E-state index in [0.717, 1.165) is 11.3 Å². The smallest absolute Gasteiger partial charge is 0.272 e. The Morgan fingerprint density at radius 3 is 2.48 bits per heavy atom. The average Bonchev–Trinajstić information content (AvgIpc) is 3.17. The maximum absolute atomic E-state index is 13.1. The van der Waals surface area contributed by atoms with Gasteiger partial charge < -0.3 is 20.1 Å². The molecule has 2 N–H and O–H groups in total. The summed E-state index contributed by atoms with van der Waals surface area (Å²) in [6, 6.07) is 1.70. The van der Waals surface area contributed by atoms with Crippen molar-refractivity contribution in [3.05, 3.63) is 44.3 Å². The number of hydrogen-bond acceptors (Lipinski definition) is 11. The molecule has 31 heavy (non-hydrogen) atoms. The third-order valence-electron chi connectivity index (χ3n) is 4.80. The van der Waals surface area contributed by atoms with Gasteiger partial charge in [0.15, 0.2) is 15.7 Å².